The summed E-state index contributed by atoms with van der Waals surface area (Å²) in [6.07, 6.45) is 5.71. The van der Waals surface area contributed by atoms with Gasteiger partial charge in [0.2, 0.25) is 5.76 Å². The second-order valence-corrected chi connectivity index (χ2v) is 7.06. The highest BCUT2D eigenvalue weighted by Crippen LogP contribution is 2.38. The summed E-state index contributed by atoms with van der Waals surface area (Å²) in [4.78, 5) is 32.5. The molecule has 0 aliphatic carbocycles. The second kappa shape index (κ2) is 6.74. The van der Waals surface area contributed by atoms with Crippen molar-refractivity contribution in [2.45, 2.75) is 25.9 Å². The molecule has 1 aliphatic heterocycles. The van der Waals surface area contributed by atoms with Gasteiger partial charge in [-0.3, -0.25) is 14.6 Å². The third-order valence-electron chi connectivity index (χ3n) is 5.34. The van der Waals surface area contributed by atoms with Crippen LogP contribution in [0.2, 0.25) is 0 Å². The molecule has 0 spiro atoms. The lowest BCUT2D eigenvalue weighted by Crippen LogP contribution is -2.29. The summed E-state index contributed by atoms with van der Waals surface area (Å²) >= 11 is 0. The molecule has 0 N–H and O–H groups in total. The molecule has 5 rings (SSSR count). The number of rotatable bonds is 4. The fourth-order valence-corrected chi connectivity index (χ4v) is 3.91. The molecule has 6 nitrogen and oxygen atoms in total. The molecule has 0 radical (unpaired) electrons. The quantitative estimate of drug-likeness (QED) is 0.528. The summed E-state index contributed by atoms with van der Waals surface area (Å²) in [5.41, 5.74) is 2.39. The largest absolute Gasteiger partial charge is 0.467 e. The lowest BCUT2D eigenvalue weighted by Gasteiger charge is -2.23. The Balaban J connectivity index is 1.75. The maximum absolute atomic E-state index is 13.5. The van der Waals surface area contributed by atoms with Gasteiger partial charge in [0, 0.05) is 12.4 Å². The highest BCUT2D eigenvalue weighted by Gasteiger charge is 2.43. The van der Waals surface area contributed by atoms with Crippen LogP contribution < -0.4 is 5.43 Å². The third kappa shape index (κ3) is 2.76. The number of amides is 1. The number of fused-ring (bicyclic) bond motifs is 2. The van der Waals surface area contributed by atoms with Gasteiger partial charge in [0.05, 0.1) is 29.8 Å². The number of hydrogen-bond donors (Lipinski definition) is 0. The normalized spacial score (nSPS) is 15.8. The van der Waals surface area contributed by atoms with Gasteiger partial charge in [-0.05, 0) is 47.9 Å². The number of nitrogens with zero attached hydrogens (tertiary/aromatic N) is 2. The first-order valence-electron chi connectivity index (χ1n) is 9.50. The Hall–Kier alpha value is -3.67. The van der Waals surface area contributed by atoms with Gasteiger partial charge in [-0.1, -0.05) is 19.1 Å². The van der Waals surface area contributed by atoms with Crippen molar-refractivity contribution in [1.29, 1.82) is 0 Å². The summed E-state index contributed by atoms with van der Waals surface area (Å²) in [6, 6.07) is 12.2. The monoisotopic (exact) mass is 386 g/mol. The zero-order chi connectivity index (χ0) is 20.0. The minimum Gasteiger partial charge on any atom is -0.467 e. The average molecular weight is 386 g/mol. The molecule has 4 heterocycles. The minimum atomic E-state index is -0.581. The molecule has 1 unspecified atom stereocenters. The Kier molecular flexibility index (Phi) is 4.05. The van der Waals surface area contributed by atoms with Crippen LogP contribution in [0.5, 0.6) is 0 Å². The van der Waals surface area contributed by atoms with Crippen LogP contribution in [0.1, 0.15) is 46.0 Å². The number of furan rings is 1. The van der Waals surface area contributed by atoms with Gasteiger partial charge in [0.15, 0.2) is 5.43 Å². The number of hydrogen-bond acceptors (Lipinski definition) is 5. The zero-order valence-corrected chi connectivity index (χ0v) is 15.8. The number of aromatic nitrogens is 1. The molecule has 1 aliphatic rings. The van der Waals surface area contributed by atoms with Crippen LogP contribution in [0.15, 0.2) is 74.8 Å². The Labute approximate surface area is 166 Å². The number of pyridine rings is 1. The predicted molar refractivity (Wildman–Crippen MR) is 107 cm³/mol. The summed E-state index contributed by atoms with van der Waals surface area (Å²) in [5, 5.41) is 0.490. The molecular weight excluding hydrogens is 368 g/mol. The van der Waals surface area contributed by atoms with E-state index in [9.17, 15) is 9.59 Å². The van der Waals surface area contributed by atoms with Crippen LogP contribution >= 0.6 is 0 Å². The predicted octanol–water partition coefficient (Wildman–Crippen LogP) is 4.09. The van der Waals surface area contributed by atoms with Crippen LogP contribution in [0.4, 0.5) is 0 Å². The van der Waals surface area contributed by atoms with E-state index in [1.807, 2.05) is 25.1 Å². The molecule has 1 aromatic carbocycles. The molecule has 4 aromatic rings. The van der Waals surface area contributed by atoms with Crippen LogP contribution in [-0.4, -0.2) is 15.8 Å². The van der Waals surface area contributed by atoms with Crippen LogP contribution in [0.3, 0.4) is 0 Å². The lowest BCUT2D eigenvalue weighted by atomic mass is 9.99. The van der Waals surface area contributed by atoms with Crippen molar-refractivity contribution in [1.82, 2.24) is 9.88 Å². The van der Waals surface area contributed by atoms with Crippen molar-refractivity contribution < 1.29 is 13.6 Å². The number of benzene rings is 1. The smallest absolute Gasteiger partial charge is 0.291 e. The Morgan fingerprint density at radius 2 is 2.03 bits per heavy atom. The van der Waals surface area contributed by atoms with Crippen molar-refractivity contribution in [3.8, 4) is 0 Å². The van der Waals surface area contributed by atoms with E-state index < -0.39 is 6.04 Å². The molecule has 3 aromatic heterocycles. The van der Waals surface area contributed by atoms with Crippen molar-refractivity contribution >= 4 is 16.9 Å². The van der Waals surface area contributed by atoms with E-state index in [0.717, 1.165) is 17.5 Å². The highest BCUT2D eigenvalue weighted by molar-refractivity contribution is 5.99. The second-order valence-electron chi connectivity index (χ2n) is 7.06. The van der Waals surface area contributed by atoms with Gasteiger partial charge >= 0.3 is 0 Å². The maximum atomic E-state index is 13.5. The fourth-order valence-electron chi connectivity index (χ4n) is 3.91. The minimum absolute atomic E-state index is 0.0900. The first kappa shape index (κ1) is 17.4. The van der Waals surface area contributed by atoms with Crippen LogP contribution in [0, 0.1) is 0 Å². The number of aryl methyl sites for hydroxylation is 1. The molecule has 0 saturated heterocycles. The summed E-state index contributed by atoms with van der Waals surface area (Å²) in [6.45, 7) is 2.26. The number of carbonyl (C=O) groups excluding carboxylic acids is 1. The van der Waals surface area contributed by atoms with Gasteiger partial charge in [0.25, 0.3) is 5.91 Å². The molecule has 1 atom stereocenters. The van der Waals surface area contributed by atoms with E-state index in [4.69, 9.17) is 8.83 Å². The summed E-state index contributed by atoms with van der Waals surface area (Å²) < 4.78 is 11.4. The zero-order valence-electron chi connectivity index (χ0n) is 15.8. The van der Waals surface area contributed by atoms with E-state index in [1.165, 1.54) is 0 Å². The van der Waals surface area contributed by atoms with E-state index in [0.29, 0.717) is 22.3 Å². The van der Waals surface area contributed by atoms with Gasteiger partial charge in [0.1, 0.15) is 11.3 Å². The first-order chi connectivity index (χ1) is 14.2. The molecule has 6 heteroatoms. The molecule has 0 saturated carbocycles. The molecule has 29 heavy (non-hydrogen) atoms. The summed E-state index contributed by atoms with van der Waals surface area (Å²) in [5.74, 6) is 0.390. The topological polar surface area (TPSA) is 76.6 Å². The lowest BCUT2D eigenvalue weighted by molar-refractivity contribution is 0.0701. The van der Waals surface area contributed by atoms with Gasteiger partial charge in [-0.15, -0.1) is 0 Å². The van der Waals surface area contributed by atoms with E-state index in [2.05, 4.69) is 4.98 Å². The molecule has 1 amide bonds. The van der Waals surface area contributed by atoms with Crippen molar-refractivity contribution in [3.05, 3.63) is 99.6 Å². The standard InChI is InChI=1S/C23H18N2O4/c1-2-14-7-8-18-17(11-14)21(26)19-20(15-5-3-9-24-12-15)25(23(27)22(19)29-18)13-16-6-4-10-28-16/h3-12,20H,2,13H2,1H3. The van der Waals surface area contributed by atoms with Crippen LogP contribution in [0.25, 0.3) is 11.0 Å². The molecule has 0 bridgehead atoms. The van der Waals surface area contributed by atoms with E-state index in [-0.39, 0.29) is 23.6 Å². The Morgan fingerprint density at radius 1 is 1.14 bits per heavy atom. The van der Waals surface area contributed by atoms with Crippen molar-refractivity contribution in [3.63, 3.8) is 0 Å². The third-order valence-corrected chi connectivity index (χ3v) is 5.34. The highest BCUT2D eigenvalue weighted by atomic mass is 16.3. The fraction of sp³-hybridized carbons (Fsp3) is 0.174. The van der Waals surface area contributed by atoms with E-state index in [1.54, 1.807) is 47.8 Å². The molecule has 144 valence electrons. The molecular formula is C23H18N2O4. The Morgan fingerprint density at radius 3 is 2.76 bits per heavy atom. The maximum Gasteiger partial charge on any atom is 0.291 e. The first-order valence-corrected chi connectivity index (χ1v) is 9.50. The molecule has 0 fully saturated rings. The van der Waals surface area contributed by atoms with E-state index >= 15 is 0 Å². The van der Waals surface area contributed by atoms with Crippen molar-refractivity contribution in [2.75, 3.05) is 0 Å². The van der Waals surface area contributed by atoms with Gasteiger partial charge < -0.3 is 13.7 Å². The SMILES string of the molecule is CCc1ccc2oc3c(c(=O)c2c1)C(c1cccnc1)N(Cc1ccco1)C3=O. The number of carbonyl (C=O) groups is 1. The summed E-state index contributed by atoms with van der Waals surface area (Å²) in [7, 11) is 0. The van der Waals surface area contributed by atoms with Gasteiger partial charge in [-0.25, -0.2) is 0 Å². The average Bonchev–Trinajstić information content (AvgIpc) is 3.36. The van der Waals surface area contributed by atoms with Gasteiger partial charge in [-0.2, -0.15) is 0 Å². The van der Waals surface area contributed by atoms with Crippen LogP contribution in [-0.2, 0) is 13.0 Å². The Bertz CT molecular complexity index is 1260. The van der Waals surface area contributed by atoms with Crippen molar-refractivity contribution in [2.24, 2.45) is 0 Å².